The second-order valence-corrected chi connectivity index (χ2v) is 13.8. The summed E-state index contributed by atoms with van der Waals surface area (Å²) in [6.45, 7) is 14.3. The van der Waals surface area contributed by atoms with Crippen molar-refractivity contribution in [3.05, 3.63) is 130 Å². The minimum Gasteiger partial charge on any atom is -0.0616 e. The van der Waals surface area contributed by atoms with E-state index in [0.29, 0.717) is 0 Å². The van der Waals surface area contributed by atoms with Gasteiger partial charge >= 0.3 is 0 Å². The minimum atomic E-state index is -0.0564. The highest BCUT2D eigenvalue weighted by Crippen LogP contribution is 2.56. The largest absolute Gasteiger partial charge is 0.0616 e. The van der Waals surface area contributed by atoms with Crippen LogP contribution in [0.15, 0.2) is 97.1 Å². The zero-order valence-corrected chi connectivity index (χ0v) is 25.2. The van der Waals surface area contributed by atoms with Crippen molar-refractivity contribution < 1.29 is 0 Å². The Morgan fingerprint density at radius 2 is 0.786 bits per heavy atom. The van der Waals surface area contributed by atoms with Gasteiger partial charge in [-0.3, -0.25) is 0 Å². The third-order valence-corrected chi connectivity index (χ3v) is 11.1. The van der Waals surface area contributed by atoms with E-state index in [-0.39, 0.29) is 10.8 Å². The van der Waals surface area contributed by atoms with Crippen LogP contribution in [0.5, 0.6) is 0 Å². The lowest BCUT2D eigenvalue weighted by atomic mass is 9.79. The molecule has 7 aromatic carbocycles. The zero-order valence-electron chi connectivity index (χ0n) is 25.2. The van der Waals surface area contributed by atoms with Gasteiger partial charge in [-0.05, 0) is 137 Å². The van der Waals surface area contributed by atoms with Crippen LogP contribution in [-0.2, 0) is 10.8 Å². The molecule has 0 aliphatic heterocycles. The third-order valence-electron chi connectivity index (χ3n) is 11.1. The molecule has 0 radical (unpaired) electrons. The molecule has 9 rings (SSSR count). The van der Waals surface area contributed by atoms with Gasteiger partial charge < -0.3 is 0 Å². The topological polar surface area (TPSA) is 0 Å². The van der Waals surface area contributed by atoms with Gasteiger partial charge in [-0.2, -0.15) is 0 Å². The maximum atomic E-state index is 2.55. The van der Waals surface area contributed by atoms with Crippen LogP contribution in [0.3, 0.4) is 0 Å². The molecule has 202 valence electrons. The van der Waals surface area contributed by atoms with Crippen molar-refractivity contribution >= 4 is 43.1 Å². The molecule has 0 N–H and O–H groups in total. The Balaban J connectivity index is 1.40. The summed E-state index contributed by atoms with van der Waals surface area (Å²) in [6, 6.07) is 37.2. The smallest absolute Gasteiger partial charge is 0.0159 e. The molecule has 2 aliphatic carbocycles. The maximum absolute atomic E-state index is 2.55. The van der Waals surface area contributed by atoms with E-state index in [1.54, 1.807) is 0 Å². The third kappa shape index (κ3) is 2.79. The average molecular weight is 539 g/mol. The molecule has 0 spiro atoms. The first kappa shape index (κ1) is 24.2. The summed E-state index contributed by atoms with van der Waals surface area (Å²) < 4.78 is 0. The van der Waals surface area contributed by atoms with E-state index in [4.69, 9.17) is 0 Å². The van der Waals surface area contributed by atoms with Gasteiger partial charge in [-0.1, -0.05) is 100 Å². The van der Waals surface area contributed by atoms with Crippen molar-refractivity contribution in [3.63, 3.8) is 0 Å². The lowest BCUT2D eigenvalue weighted by Crippen LogP contribution is -2.15. The van der Waals surface area contributed by atoms with Crippen molar-refractivity contribution in [3.8, 4) is 22.3 Å². The van der Waals surface area contributed by atoms with Crippen LogP contribution >= 0.6 is 0 Å². The monoisotopic (exact) mass is 538 g/mol. The lowest BCUT2D eigenvalue weighted by Gasteiger charge is -2.24. The maximum Gasteiger partial charge on any atom is 0.0159 e. The standard InChI is InChI=1S/C42H34/c1-23-24(2)30-20-34-38(42(5,6)36-18-16-26-12-8-10-14-28(26)40(34)36)22-32(30)31-21-37-33(19-29(23)31)39-27-13-9-7-11-25(27)15-17-35(39)41(37,3)4/h7-22H,1-6H3. The minimum absolute atomic E-state index is 0.0564. The highest BCUT2D eigenvalue weighted by molar-refractivity contribution is 6.16. The first-order valence-electron chi connectivity index (χ1n) is 15.3. The molecule has 0 unspecified atom stereocenters. The Bertz CT molecular complexity index is 2190. The summed E-state index contributed by atoms with van der Waals surface area (Å²) in [5.74, 6) is 0. The molecular weight excluding hydrogens is 504 g/mol. The molecule has 0 bridgehead atoms. The molecule has 42 heavy (non-hydrogen) atoms. The second-order valence-electron chi connectivity index (χ2n) is 13.8. The average Bonchev–Trinajstić information content (AvgIpc) is 3.37. The van der Waals surface area contributed by atoms with Gasteiger partial charge in [-0.25, -0.2) is 0 Å². The summed E-state index contributed by atoms with van der Waals surface area (Å²) in [7, 11) is 0. The van der Waals surface area contributed by atoms with Gasteiger partial charge in [0.05, 0.1) is 0 Å². The Morgan fingerprint density at radius 3 is 1.21 bits per heavy atom. The van der Waals surface area contributed by atoms with Gasteiger partial charge in [0, 0.05) is 10.8 Å². The number of fused-ring (bicyclic) bond motifs is 13. The van der Waals surface area contributed by atoms with E-state index in [2.05, 4.69) is 139 Å². The molecule has 0 aromatic heterocycles. The first-order valence-corrected chi connectivity index (χ1v) is 15.3. The van der Waals surface area contributed by atoms with Crippen LogP contribution < -0.4 is 0 Å². The van der Waals surface area contributed by atoms with Crippen LogP contribution in [-0.4, -0.2) is 0 Å². The van der Waals surface area contributed by atoms with E-state index in [1.807, 2.05) is 0 Å². The second kappa shape index (κ2) is 7.69. The van der Waals surface area contributed by atoms with E-state index >= 15 is 0 Å². The zero-order chi connectivity index (χ0) is 28.7. The van der Waals surface area contributed by atoms with Crippen LogP contribution in [0.4, 0.5) is 0 Å². The van der Waals surface area contributed by atoms with Crippen LogP contribution in [0.2, 0.25) is 0 Å². The normalized spacial score (nSPS) is 15.8. The molecule has 0 saturated carbocycles. The Morgan fingerprint density at radius 1 is 0.381 bits per heavy atom. The van der Waals surface area contributed by atoms with Crippen molar-refractivity contribution in [1.29, 1.82) is 0 Å². The number of rotatable bonds is 0. The van der Waals surface area contributed by atoms with Crippen molar-refractivity contribution in [2.24, 2.45) is 0 Å². The van der Waals surface area contributed by atoms with Crippen LogP contribution in [0.1, 0.15) is 61.1 Å². The van der Waals surface area contributed by atoms with E-state index in [0.717, 1.165) is 0 Å². The predicted octanol–water partition coefficient (Wildman–Crippen LogP) is 11.5. The fourth-order valence-electron chi connectivity index (χ4n) is 8.57. The molecule has 0 amide bonds. The number of benzene rings is 7. The SMILES string of the molecule is Cc1c(C)c2cc3c(cc2c2cc4c(cc12)-c1c(ccc2ccccc12)C4(C)C)C(C)(C)c1ccc2ccccc2c1-3. The molecule has 0 fully saturated rings. The number of aryl methyl sites for hydroxylation is 2. The fourth-order valence-corrected chi connectivity index (χ4v) is 8.57. The van der Waals surface area contributed by atoms with E-state index in [1.165, 1.54) is 98.7 Å². The van der Waals surface area contributed by atoms with Crippen molar-refractivity contribution in [2.45, 2.75) is 52.4 Å². The fraction of sp³-hybridized carbons (Fsp3) is 0.190. The summed E-state index contributed by atoms with van der Waals surface area (Å²) in [4.78, 5) is 0. The van der Waals surface area contributed by atoms with Crippen LogP contribution in [0, 0.1) is 13.8 Å². The Hall–Kier alpha value is -4.42. The quantitative estimate of drug-likeness (QED) is 0.168. The summed E-state index contributed by atoms with van der Waals surface area (Å²) in [6.07, 6.45) is 0. The summed E-state index contributed by atoms with van der Waals surface area (Å²) >= 11 is 0. The van der Waals surface area contributed by atoms with E-state index < -0.39 is 0 Å². The predicted molar refractivity (Wildman–Crippen MR) is 181 cm³/mol. The lowest BCUT2D eigenvalue weighted by molar-refractivity contribution is 0.661. The van der Waals surface area contributed by atoms with Gasteiger partial charge in [0.2, 0.25) is 0 Å². The van der Waals surface area contributed by atoms with Crippen LogP contribution in [0.25, 0.3) is 65.3 Å². The molecule has 0 heterocycles. The Labute approximate surface area is 247 Å². The molecule has 2 aliphatic rings. The van der Waals surface area contributed by atoms with E-state index in [9.17, 15) is 0 Å². The molecular formula is C42H34. The van der Waals surface area contributed by atoms with Gasteiger partial charge in [0.25, 0.3) is 0 Å². The molecule has 7 aromatic rings. The van der Waals surface area contributed by atoms with Crippen molar-refractivity contribution in [1.82, 2.24) is 0 Å². The van der Waals surface area contributed by atoms with Crippen molar-refractivity contribution in [2.75, 3.05) is 0 Å². The highest BCUT2D eigenvalue weighted by Gasteiger charge is 2.39. The Kier molecular flexibility index (Phi) is 4.43. The molecule has 0 saturated heterocycles. The van der Waals surface area contributed by atoms with Gasteiger partial charge in [0.15, 0.2) is 0 Å². The number of hydrogen-bond donors (Lipinski definition) is 0. The molecule has 0 atom stereocenters. The highest BCUT2D eigenvalue weighted by atomic mass is 14.4. The molecule has 0 nitrogen and oxygen atoms in total. The first-order chi connectivity index (χ1) is 20.2. The summed E-state index contributed by atoms with van der Waals surface area (Å²) in [5.41, 5.74) is 14.1. The number of hydrogen-bond acceptors (Lipinski definition) is 0. The molecule has 0 heteroatoms. The van der Waals surface area contributed by atoms with Gasteiger partial charge in [-0.15, -0.1) is 0 Å². The van der Waals surface area contributed by atoms with Gasteiger partial charge in [0.1, 0.15) is 0 Å². The summed E-state index contributed by atoms with van der Waals surface area (Å²) in [5, 5.41) is 10.9.